The van der Waals surface area contributed by atoms with Crippen LogP contribution in [-0.4, -0.2) is 32.2 Å². The summed E-state index contributed by atoms with van der Waals surface area (Å²) in [6, 6.07) is 5.85. The summed E-state index contributed by atoms with van der Waals surface area (Å²) >= 11 is 6.26. The zero-order chi connectivity index (χ0) is 15.4. The molecule has 0 atom stereocenters. The van der Waals surface area contributed by atoms with E-state index in [0.717, 1.165) is 63.4 Å². The van der Waals surface area contributed by atoms with Crippen LogP contribution in [0.3, 0.4) is 0 Å². The molecule has 5 heteroatoms. The van der Waals surface area contributed by atoms with Gasteiger partial charge in [0.05, 0.1) is 23.9 Å². The van der Waals surface area contributed by atoms with E-state index in [9.17, 15) is 4.79 Å². The lowest BCUT2D eigenvalue weighted by atomic mass is 9.88. The topological polar surface area (TPSA) is 41.6 Å². The monoisotopic (exact) mass is 322 g/mol. The summed E-state index contributed by atoms with van der Waals surface area (Å²) in [5.74, 6) is 0.248. The van der Waals surface area contributed by atoms with Crippen molar-refractivity contribution in [3.05, 3.63) is 23.2 Å². The first-order valence-electron chi connectivity index (χ1n) is 8.17. The zero-order valence-electron chi connectivity index (χ0n) is 12.8. The van der Waals surface area contributed by atoms with E-state index in [1.807, 2.05) is 18.2 Å². The summed E-state index contributed by atoms with van der Waals surface area (Å²) in [6.45, 7) is 3.23. The molecule has 0 radical (unpaired) electrons. The van der Waals surface area contributed by atoms with Gasteiger partial charge in [0.15, 0.2) is 0 Å². The van der Waals surface area contributed by atoms with E-state index in [4.69, 9.17) is 16.3 Å². The lowest BCUT2D eigenvalue weighted by Gasteiger charge is -2.29. The van der Waals surface area contributed by atoms with Crippen LogP contribution in [0.4, 0.5) is 11.4 Å². The van der Waals surface area contributed by atoms with Gasteiger partial charge in [0.2, 0.25) is 5.91 Å². The first-order chi connectivity index (χ1) is 10.7. The van der Waals surface area contributed by atoms with E-state index in [1.165, 1.54) is 6.42 Å². The maximum Gasteiger partial charge on any atom is 0.227 e. The molecule has 1 heterocycles. The van der Waals surface area contributed by atoms with E-state index < -0.39 is 0 Å². The molecule has 1 saturated carbocycles. The fraction of sp³-hybridized carbons (Fsp3) is 0.588. The molecule has 0 aromatic heterocycles. The van der Waals surface area contributed by atoms with Gasteiger partial charge in [-0.3, -0.25) is 4.79 Å². The van der Waals surface area contributed by atoms with Gasteiger partial charge in [0.1, 0.15) is 0 Å². The average molecular weight is 323 g/mol. The first-order valence-corrected chi connectivity index (χ1v) is 8.55. The largest absolute Gasteiger partial charge is 0.378 e. The molecule has 1 amide bonds. The second kappa shape index (κ2) is 7.34. The maximum absolute atomic E-state index is 12.4. The molecule has 22 heavy (non-hydrogen) atoms. The molecule has 1 aliphatic carbocycles. The number of rotatable bonds is 3. The third kappa shape index (κ3) is 3.73. The minimum absolute atomic E-state index is 0.112. The first kappa shape index (κ1) is 15.6. The Bertz CT molecular complexity index is 523. The van der Waals surface area contributed by atoms with Gasteiger partial charge >= 0.3 is 0 Å². The Morgan fingerprint density at radius 3 is 2.64 bits per heavy atom. The van der Waals surface area contributed by atoms with Gasteiger partial charge < -0.3 is 15.0 Å². The number of anilines is 2. The van der Waals surface area contributed by atoms with Crippen LogP contribution in [0.5, 0.6) is 0 Å². The Hall–Kier alpha value is -1.26. The Kier molecular flexibility index (Phi) is 5.21. The van der Waals surface area contributed by atoms with Gasteiger partial charge in [-0.05, 0) is 31.0 Å². The molecule has 1 aromatic carbocycles. The Balaban J connectivity index is 1.70. The molecule has 3 rings (SSSR count). The zero-order valence-corrected chi connectivity index (χ0v) is 13.6. The van der Waals surface area contributed by atoms with Gasteiger partial charge in [0, 0.05) is 24.7 Å². The van der Waals surface area contributed by atoms with Crippen LogP contribution in [0.2, 0.25) is 5.02 Å². The normalized spacial score (nSPS) is 20.0. The molecular formula is C17H23ClN2O2. The van der Waals surface area contributed by atoms with Crippen LogP contribution < -0.4 is 10.2 Å². The molecule has 120 valence electrons. The highest BCUT2D eigenvalue weighted by molar-refractivity contribution is 6.33. The summed E-state index contributed by atoms with van der Waals surface area (Å²) in [5, 5.41) is 3.63. The minimum atomic E-state index is 0.112. The summed E-state index contributed by atoms with van der Waals surface area (Å²) in [6.07, 6.45) is 5.54. The fourth-order valence-corrected chi connectivity index (χ4v) is 3.39. The lowest BCUT2D eigenvalue weighted by molar-refractivity contribution is -0.120. The average Bonchev–Trinajstić information content (AvgIpc) is 2.58. The van der Waals surface area contributed by atoms with E-state index >= 15 is 0 Å². The molecule has 1 aliphatic heterocycles. The van der Waals surface area contributed by atoms with Crippen LogP contribution in [-0.2, 0) is 9.53 Å². The van der Waals surface area contributed by atoms with Crippen LogP contribution in [0.25, 0.3) is 0 Å². The summed E-state index contributed by atoms with van der Waals surface area (Å²) < 4.78 is 5.38. The van der Waals surface area contributed by atoms with Crippen LogP contribution in [0.15, 0.2) is 18.2 Å². The van der Waals surface area contributed by atoms with Crippen molar-refractivity contribution < 1.29 is 9.53 Å². The number of halogens is 1. The molecule has 1 saturated heterocycles. The number of benzene rings is 1. The summed E-state index contributed by atoms with van der Waals surface area (Å²) in [7, 11) is 0. The quantitative estimate of drug-likeness (QED) is 0.922. The smallest absolute Gasteiger partial charge is 0.227 e. The van der Waals surface area contributed by atoms with Crippen molar-refractivity contribution in [1.82, 2.24) is 0 Å². The minimum Gasteiger partial charge on any atom is -0.378 e. The van der Waals surface area contributed by atoms with Crippen molar-refractivity contribution >= 4 is 28.9 Å². The standard InChI is InChI=1S/C17H23ClN2O2/c18-15-7-6-14(20-8-10-22-11-9-20)12-16(15)19-17(21)13-4-2-1-3-5-13/h6-7,12-13H,1-5,8-11H2,(H,19,21). The van der Waals surface area contributed by atoms with E-state index in [0.29, 0.717) is 5.02 Å². The number of ether oxygens (including phenoxy) is 1. The third-order valence-electron chi connectivity index (χ3n) is 4.56. The summed E-state index contributed by atoms with van der Waals surface area (Å²) in [4.78, 5) is 14.7. The highest BCUT2D eigenvalue weighted by atomic mass is 35.5. The van der Waals surface area contributed by atoms with E-state index in [1.54, 1.807) is 0 Å². The van der Waals surface area contributed by atoms with Crippen molar-refractivity contribution in [3.8, 4) is 0 Å². The molecular weight excluding hydrogens is 300 g/mol. The highest BCUT2D eigenvalue weighted by Gasteiger charge is 2.22. The van der Waals surface area contributed by atoms with Crippen molar-refractivity contribution in [2.45, 2.75) is 32.1 Å². The fourth-order valence-electron chi connectivity index (χ4n) is 3.23. The van der Waals surface area contributed by atoms with Crippen molar-refractivity contribution in [1.29, 1.82) is 0 Å². The molecule has 2 fully saturated rings. The van der Waals surface area contributed by atoms with Gasteiger partial charge in [-0.15, -0.1) is 0 Å². The van der Waals surface area contributed by atoms with E-state index in [2.05, 4.69) is 10.2 Å². The SMILES string of the molecule is O=C(Nc1cc(N2CCOCC2)ccc1Cl)C1CCCCC1. The van der Waals surface area contributed by atoms with Crippen LogP contribution in [0, 0.1) is 5.92 Å². The lowest BCUT2D eigenvalue weighted by Crippen LogP contribution is -2.36. The Morgan fingerprint density at radius 1 is 1.18 bits per heavy atom. The summed E-state index contributed by atoms with van der Waals surface area (Å²) in [5.41, 5.74) is 1.81. The number of hydrogen-bond acceptors (Lipinski definition) is 3. The van der Waals surface area contributed by atoms with Crippen molar-refractivity contribution in [2.24, 2.45) is 5.92 Å². The second-order valence-electron chi connectivity index (χ2n) is 6.09. The predicted octanol–water partition coefficient (Wildman–Crippen LogP) is 3.70. The molecule has 0 spiro atoms. The molecule has 1 N–H and O–H groups in total. The molecule has 4 nitrogen and oxygen atoms in total. The van der Waals surface area contributed by atoms with Crippen LogP contribution in [0.1, 0.15) is 32.1 Å². The number of hydrogen-bond donors (Lipinski definition) is 1. The van der Waals surface area contributed by atoms with Gasteiger partial charge in [-0.1, -0.05) is 30.9 Å². The van der Waals surface area contributed by atoms with Gasteiger partial charge in [-0.2, -0.15) is 0 Å². The second-order valence-corrected chi connectivity index (χ2v) is 6.49. The predicted molar refractivity (Wildman–Crippen MR) is 89.7 cm³/mol. The number of amides is 1. The molecule has 0 unspecified atom stereocenters. The van der Waals surface area contributed by atoms with Crippen LogP contribution >= 0.6 is 11.6 Å². The number of carbonyl (C=O) groups is 1. The van der Waals surface area contributed by atoms with Gasteiger partial charge in [0.25, 0.3) is 0 Å². The Morgan fingerprint density at radius 2 is 1.91 bits per heavy atom. The molecule has 0 bridgehead atoms. The molecule has 1 aromatic rings. The van der Waals surface area contributed by atoms with E-state index in [-0.39, 0.29) is 11.8 Å². The maximum atomic E-state index is 12.4. The third-order valence-corrected chi connectivity index (χ3v) is 4.89. The number of nitrogens with zero attached hydrogens (tertiary/aromatic N) is 1. The Labute approximate surface area is 136 Å². The highest BCUT2D eigenvalue weighted by Crippen LogP contribution is 2.30. The van der Waals surface area contributed by atoms with Crippen molar-refractivity contribution in [3.63, 3.8) is 0 Å². The number of carbonyl (C=O) groups excluding carboxylic acids is 1. The van der Waals surface area contributed by atoms with Gasteiger partial charge in [-0.25, -0.2) is 0 Å². The molecule has 2 aliphatic rings. The number of morpholine rings is 1. The van der Waals surface area contributed by atoms with Crippen molar-refractivity contribution in [2.75, 3.05) is 36.5 Å². The number of nitrogens with one attached hydrogen (secondary N) is 1.